The first-order valence-corrected chi connectivity index (χ1v) is 13.4. The molecular formula is C23H26N4O3S3. The number of thiophene rings is 2. The molecule has 0 spiro atoms. The van der Waals surface area contributed by atoms with Gasteiger partial charge in [-0.05, 0) is 50.7 Å². The molecule has 0 fully saturated rings. The maximum atomic E-state index is 12.8. The van der Waals surface area contributed by atoms with E-state index in [-0.39, 0.29) is 11.7 Å². The maximum Gasteiger partial charge on any atom is 0.341 e. The minimum Gasteiger partial charge on any atom is -0.465 e. The number of nitrogens with zero attached hydrogens (tertiary/aromatic N) is 3. The first-order chi connectivity index (χ1) is 15.9. The summed E-state index contributed by atoms with van der Waals surface area (Å²) in [6.45, 7) is 8.56. The van der Waals surface area contributed by atoms with E-state index in [4.69, 9.17) is 4.74 Å². The highest BCUT2D eigenvalue weighted by Gasteiger charge is 2.27. The van der Waals surface area contributed by atoms with Gasteiger partial charge < -0.3 is 10.1 Å². The smallest absolute Gasteiger partial charge is 0.341 e. The van der Waals surface area contributed by atoms with Crippen LogP contribution in [0.1, 0.15) is 44.1 Å². The molecule has 1 N–H and O–H groups in total. The van der Waals surface area contributed by atoms with Crippen molar-refractivity contribution in [2.45, 2.75) is 51.2 Å². The van der Waals surface area contributed by atoms with Crippen molar-refractivity contribution in [2.24, 2.45) is 0 Å². The van der Waals surface area contributed by atoms with Crippen molar-refractivity contribution in [1.82, 2.24) is 14.8 Å². The second-order valence-corrected chi connectivity index (χ2v) is 10.9. The molecule has 3 heterocycles. The zero-order valence-corrected chi connectivity index (χ0v) is 21.3. The summed E-state index contributed by atoms with van der Waals surface area (Å²) in [5.74, 6) is 0.342. The zero-order chi connectivity index (χ0) is 23.5. The number of fused-ring (bicyclic) bond motifs is 1. The molecule has 1 amide bonds. The van der Waals surface area contributed by atoms with Crippen molar-refractivity contribution in [3.05, 3.63) is 44.5 Å². The van der Waals surface area contributed by atoms with Gasteiger partial charge in [0.05, 0.1) is 18.4 Å². The Labute approximate surface area is 205 Å². The van der Waals surface area contributed by atoms with Crippen LogP contribution in [0.15, 0.2) is 23.2 Å². The fourth-order valence-corrected chi connectivity index (χ4v) is 6.79. The normalized spacial score (nSPS) is 12.9. The molecule has 1 aliphatic rings. The number of carbonyl (C=O) groups excluding carboxylic acids is 2. The number of aromatic nitrogens is 3. The predicted octanol–water partition coefficient (Wildman–Crippen LogP) is 5.27. The van der Waals surface area contributed by atoms with E-state index in [1.165, 1.54) is 45.5 Å². The van der Waals surface area contributed by atoms with Gasteiger partial charge in [0, 0.05) is 27.2 Å². The van der Waals surface area contributed by atoms with Crippen molar-refractivity contribution in [3.8, 4) is 11.4 Å². The second kappa shape index (κ2) is 10.2. The van der Waals surface area contributed by atoms with Crippen molar-refractivity contribution in [3.63, 3.8) is 0 Å². The van der Waals surface area contributed by atoms with Crippen LogP contribution in [0.2, 0.25) is 0 Å². The Morgan fingerprint density at radius 2 is 2.09 bits per heavy atom. The predicted molar refractivity (Wildman–Crippen MR) is 135 cm³/mol. The van der Waals surface area contributed by atoms with Gasteiger partial charge in [-0.1, -0.05) is 17.8 Å². The maximum absolute atomic E-state index is 12.8. The molecule has 10 heteroatoms. The van der Waals surface area contributed by atoms with Gasteiger partial charge in [-0.2, -0.15) is 0 Å². The van der Waals surface area contributed by atoms with Crippen LogP contribution in [0.25, 0.3) is 11.4 Å². The minimum atomic E-state index is -0.394. The lowest BCUT2D eigenvalue weighted by atomic mass is 9.95. The number of nitrogens with one attached hydrogen (secondary N) is 1. The molecule has 0 aromatic carbocycles. The monoisotopic (exact) mass is 502 g/mol. The number of hydrogen-bond acceptors (Lipinski definition) is 8. The summed E-state index contributed by atoms with van der Waals surface area (Å²) < 4.78 is 6.97. The summed E-state index contributed by atoms with van der Waals surface area (Å²) in [5.41, 5.74) is 3.77. The average Bonchev–Trinajstić information content (AvgIpc) is 3.47. The molecule has 0 saturated heterocycles. The summed E-state index contributed by atoms with van der Waals surface area (Å²) in [7, 11) is 1.37. The van der Waals surface area contributed by atoms with Crippen LogP contribution < -0.4 is 5.32 Å². The van der Waals surface area contributed by atoms with E-state index >= 15 is 0 Å². The Kier molecular flexibility index (Phi) is 7.35. The fourth-order valence-electron chi connectivity index (χ4n) is 3.89. The number of rotatable bonds is 8. The second-order valence-electron chi connectivity index (χ2n) is 7.78. The Morgan fingerprint density at radius 1 is 1.30 bits per heavy atom. The number of aryl methyl sites for hydroxylation is 2. The van der Waals surface area contributed by atoms with Crippen LogP contribution in [0, 0.1) is 13.8 Å². The van der Waals surface area contributed by atoms with Crippen molar-refractivity contribution >= 4 is 51.3 Å². The highest BCUT2D eigenvalue weighted by atomic mass is 32.2. The van der Waals surface area contributed by atoms with E-state index < -0.39 is 5.97 Å². The van der Waals surface area contributed by atoms with E-state index in [0.717, 1.165) is 42.6 Å². The number of anilines is 1. The number of amides is 1. The quantitative estimate of drug-likeness (QED) is 0.257. The van der Waals surface area contributed by atoms with Crippen molar-refractivity contribution in [2.75, 3.05) is 18.2 Å². The van der Waals surface area contributed by atoms with Crippen LogP contribution in [0.3, 0.4) is 0 Å². The molecule has 0 radical (unpaired) electrons. The highest BCUT2D eigenvalue weighted by molar-refractivity contribution is 7.99. The first-order valence-electron chi connectivity index (χ1n) is 10.7. The number of ether oxygens (including phenoxy) is 1. The molecule has 4 rings (SSSR count). The van der Waals surface area contributed by atoms with Gasteiger partial charge in [0.2, 0.25) is 5.91 Å². The van der Waals surface area contributed by atoms with Crippen LogP contribution in [0.5, 0.6) is 0 Å². The largest absolute Gasteiger partial charge is 0.465 e. The fraction of sp³-hybridized carbons (Fsp3) is 0.391. The molecule has 7 nitrogen and oxygen atoms in total. The number of carbonyl (C=O) groups is 2. The van der Waals surface area contributed by atoms with Gasteiger partial charge >= 0.3 is 5.97 Å². The lowest BCUT2D eigenvalue weighted by molar-refractivity contribution is -0.113. The minimum absolute atomic E-state index is 0.153. The van der Waals surface area contributed by atoms with E-state index in [9.17, 15) is 9.59 Å². The number of thioether (sulfide) groups is 1. The molecule has 174 valence electrons. The Bertz CT molecular complexity index is 1210. The first kappa shape index (κ1) is 23.7. The van der Waals surface area contributed by atoms with E-state index in [1.807, 2.05) is 4.57 Å². The zero-order valence-electron chi connectivity index (χ0n) is 18.9. The SMILES string of the molecule is C=CCn1c(SCC(=O)Nc2sc3c(c2C(=O)OC)CCCC3)nnc1-c1csc(C)c1C. The third kappa shape index (κ3) is 4.78. The van der Waals surface area contributed by atoms with Crippen LogP contribution in [0.4, 0.5) is 5.00 Å². The third-order valence-electron chi connectivity index (χ3n) is 5.70. The topological polar surface area (TPSA) is 86.1 Å². The van der Waals surface area contributed by atoms with Crippen LogP contribution >= 0.6 is 34.4 Å². The number of allylic oxidation sites excluding steroid dienone is 1. The number of methoxy groups -OCH3 is 1. The summed E-state index contributed by atoms with van der Waals surface area (Å²) in [6, 6.07) is 0. The van der Waals surface area contributed by atoms with E-state index in [0.29, 0.717) is 22.3 Å². The summed E-state index contributed by atoms with van der Waals surface area (Å²) >= 11 is 4.49. The van der Waals surface area contributed by atoms with Gasteiger partial charge in [0.15, 0.2) is 11.0 Å². The molecular weight excluding hydrogens is 476 g/mol. The molecule has 0 bridgehead atoms. The molecule has 3 aromatic heterocycles. The van der Waals surface area contributed by atoms with Crippen LogP contribution in [-0.4, -0.2) is 39.5 Å². The van der Waals surface area contributed by atoms with Gasteiger partial charge in [0.25, 0.3) is 0 Å². The average molecular weight is 503 g/mol. The molecule has 1 aliphatic carbocycles. The molecule has 0 unspecified atom stereocenters. The standard InChI is InChI=1S/C23H26N4O3S3/c1-5-10-27-20(16-11-31-14(3)13(16)2)25-26-23(27)32-12-18(28)24-21-19(22(29)30-4)15-8-6-7-9-17(15)33-21/h5,11H,1,6-10,12H2,2-4H3,(H,24,28). The van der Waals surface area contributed by atoms with Crippen LogP contribution in [-0.2, 0) is 28.9 Å². The van der Waals surface area contributed by atoms with E-state index in [1.54, 1.807) is 17.4 Å². The van der Waals surface area contributed by atoms with Gasteiger partial charge in [-0.3, -0.25) is 9.36 Å². The Morgan fingerprint density at radius 3 is 2.79 bits per heavy atom. The Hall–Kier alpha value is -2.43. The van der Waals surface area contributed by atoms with Gasteiger partial charge in [-0.25, -0.2) is 4.79 Å². The lowest BCUT2D eigenvalue weighted by Crippen LogP contribution is -2.17. The van der Waals surface area contributed by atoms with Crippen molar-refractivity contribution < 1.29 is 14.3 Å². The number of hydrogen-bond donors (Lipinski definition) is 1. The van der Waals surface area contributed by atoms with E-state index in [2.05, 4.69) is 41.3 Å². The lowest BCUT2D eigenvalue weighted by Gasteiger charge is -2.11. The van der Waals surface area contributed by atoms with Crippen molar-refractivity contribution in [1.29, 1.82) is 0 Å². The number of esters is 1. The Balaban J connectivity index is 1.51. The van der Waals surface area contributed by atoms with Gasteiger partial charge in [0.1, 0.15) is 5.00 Å². The summed E-state index contributed by atoms with van der Waals surface area (Å²) in [5, 5.41) is 15.0. The molecule has 0 atom stereocenters. The highest BCUT2D eigenvalue weighted by Crippen LogP contribution is 2.39. The molecule has 33 heavy (non-hydrogen) atoms. The molecule has 0 saturated carbocycles. The molecule has 3 aromatic rings. The molecule has 0 aliphatic heterocycles. The summed E-state index contributed by atoms with van der Waals surface area (Å²) in [6.07, 6.45) is 5.72. The third-order valence-corrected chi connectivity index (χ3v) is 8.89. The summed E-state index contributed by atoms with van der Waals surface area (Å²) in [4.78, 5) is 27.6. The van der Waals surface area contributed by atoms with Gasteiger partial charge in [-0.15, -0.1) is 39.4 Å².